The number of carbonyl (C=O) groups excluding carboxylic acids is 1. The van der Waals surface area contributed by atoms with Gasteiger partial charge in [0.1, 0.15) is 0 Å². The van der Waals surface area contributed by atoms with Crippen LogP contribution in [0, 0.1) is 5.92 Å². The van der Waals surface area contributed by atoms with E-state index in [-0.39, 0.29) is 18.4 Å². The zero-order valence-corrected chi connectivity index (χ0v) is 16.3. The van der Waals surface area contributed by atoms with E-state index in [4.69, 9.17) is 0 Å². The van der Waals surface area contributed by atoms with Gasteiger partial charge in [-0.2, -0.15) is 0 Å². The molecule has 148 valence electrons. The minimum absolute atomic E-state index is 0.0337. The van der Waals surface area contributed by atoms with Crippen LogP contribution in [0.15, 0.2) is 48.8 Å². The molecule has 0 saturated carbocycles. The minimum atomic E-state index is -0.856. The Morgan fingerprint density at radius 1 is 1.21 bits per heavy atom. The Hall–Kier alpha value is -2.73. The first-order chi connectivity index (χ1) is 13.6. The van der Waals surface area contributed by atoms with Gasteiger partial charge in [0.2, 0.25) is 5.91 Å². The van der Waals surface area contributed by atoms with Crippen LogP contribution in [0.3, 0.4) is 0 Å². The van der Waals surface area contributed by atoms with Gasteiger partial charge in [-0.3, -0.25) is 19.5 Å². The van der Waals surface area contributed by atoms with Gasteiger partial charge in [-0.15, -0.1) is 0 Å². The lowest BCUT2D eigenvalue weighted by Crippen LogP contribution is -2.38. The molecule has 28 heavy (non-hydrogen) atoms. The Balaban J connectivity index is 1.87. The van der Waals surface area contributed by atoms with Gasteiger partial charge >= 0.3 is 5.97 Å². The molecule has 0 bridgehead atoms. The third-order valence-corrected chi connectivity index (χ3v) is 5.13. The molecule has 2 aromatic rings. The SMILES string of the molecule is CCCN1CCN(CC(=O)O)CC(Cc2ccccc2-c2cccnc2)C1=O. The number of amides is 1. The van der Waals surface area contributed by atoms with Gasteiger partial charge in [0.05, 0.1) is 12.5 Å². The lowest BCUT2D eigenvalue weighted by molar-refractivity contribution is -0.139. The fourth-order valence-corrected chi connectivity index (χ4v) is 3.86. The Labute approximate surface area is 165 Å². The number of carboxylic acid groups (broad SMARTS) is 1. The number of carboxylic acids is 1. The van der Waals surface area contributed by atoms with E-state index in [9.17, 15) is 14.7 Å². The molecule has 6 nitrogen and oxygen atoms in total. The molecule has 1 aliphatic rings. The van der Waals surface area contributed by atoms with E-state index in [1.54, 1.807) is 6.20 Å². The molecule has 0 aliphatic carbocycles. The molecule has 1 unspecified atom stereocenters. The Bertz CT molecular complexity index is 810. The maximum atomic E-state index is 13.2. The van der Waals surface area contributed by atoms with Crippen molar-refractivity contribution in [3.05, 3.63) is 54.4 Å². The lowest BCUT2D eigenvalue weighted by Gasteiger charge is -2.24. The van der Waals surface area contributed by atoms with E-state index < -0.39 is 5.97 Å². The zero-order valence-electron chi connectivity index (χ0n) is 16.3. The fraction of sp³-hybridized carbons (Fsp3) is 0.409. The predicted octanol–water partition coefficient (Wildman–Crippen LogP) is 2.55. The number of carbonyl (C=O) groups is 2. The highest BCUT2D eigenvalue weighted by atomic mass is 16.4. The summed E-state index contributed by atoms with van der Waals surface area (Å²) >= 11 is 0. The van der Waals surface area contributed by atoms with Crippen LogP contribution in [0.1, 0.15) is 18.9 Å². The van der Waals surface area contributed by atoms with Crippen molar-refractivity contribution in [2.45, 2.75) is 19.8 Å². The molecule has 0 spiro atoms. The molecule has 1 aromatic carbocycles. The number of benzene rings is 1. The first-order valence-electron chi connectivity index (χ1n) is 9.79. The minimum Gasteiger partial charge on any atom is -0.480 e. The summed E-state index contributed by atoms with van der Waals surface area (Å²) in [6.07, 6.45) is 5.05. The van der Waals surface area contributed by atoms with Crippen molar-refractivity contribution in [1.29, 1.82) is 0 Å². The monoisotopic (exact) mass is 381 g/mol. The summed E-state index contributed by atoms with van der Waals surface area (Å²) in [4.78, 5) is 32.4. The van der Waals surface area contributed by atoms with Crippen LogP contribution in [0.4, 0.5) is 0 Å². The van der Waals surface area contributed by atoms with Crippen LogP contribution < -0.4 is 0 Å². The largest absolute Gasteiger partial charge is 0.480 e. The van der Waals surface area contributed by atoms with Crippen molar-refractivity contribution in [1.82, 2.24) is 14.8 Å². The summed E-state index contributed by atoms with van der Waals surface area (Å²) < 4.78 is 0. The maximum Gasteiger partial charge on any atom is 0.317 e. The van der Waals surface area contributed by atoms with Gasteiger partial charge < -0.3 is 10.0 Å². The zero-order chi connectivity index (χ0) is 19.9. The molecule has 0 radical (unpaired) electrons. The van der Waals surface area contributed by atoms with E-state index >= 15 is 0 Å². The van der Waals surface area contributed by atoms with Crippen LogP contribution >= 0.6 is 0 Å². The average molecular weight is 381 g/mol. The molecule has 1 N–H and O–H groups in total. The second kappa shape index (κ2) is 9.46. The van der Waals surface area contributed by atoms with Crippen LogP contribution in [-0.4, -0.2) is 64.5 Å². The topological polar surface area (TPSA) is 73.7 Å². The molecule has 1 amide bonds. The third kappa shape index (κ3) is 4.95. The molecule has 2 heterocycles. The number of rotatable bonds is 7. The molecular formula is C22H27N3O3. The fourth-order valence-electron chi connectivity index (χ4n) is 3.86. The van der Waals surface area contributed by atoms with Gasteiger partial charge in [0.15, 0.2) is 0 Å². The third-order valence-electron chi connectivity index (χ3n) is 5.13. The molecule has 1 saturated heterocycles. The highest BCUT2D eigenvalue weighted by Crippen LogP contribution is 2.26. The normalized spacial score (nSPS) is 18.1. The predicted molar refractivity (Wildman–Crippen MR) is 108 cm³/mol. The molecule has 1 fully saturated rings. The summed E-state index contributed by atoms with van der Waals surface area (Å²) in [7, 11) is 0. The van der Waals surface area contributed by atoms with Crippen LogP contribution in [0.25, 0.3) is 11.1 Å². The van der Waals surface area contributed by atoms with E-state index in [1.165, 1.54) is 0 Å². The number of aliphatic carboxylic acids is 1. The maximum absolute atomic E-state index is 13.2. The van der Waals surface area contributed by atoms with E-state index in [1.807, 2.05) is 52.4 Å². The second-order valence-corrected chi connectivity index (χ2v) is 7.25. The van der Waals surface area contributed by atoms with Crippen molar-refractivity contribution in [2.24, 2.45) is 5.92 Å². The van der Waals surface area contributed by atoms with Gasteiger partial charge in [0, 0.05) is 44.1 Å². The summed E-state index contributed by atoms with van der Waals surface area (Å²) in [5.74, 6) is -0.993. The van der Waals surface area contributed by atoms with Crippen molar-refractivity contribution in [3.8, 4) is 11.1 Å². The van der Waals surface area contributed by atoms with Gasteiger partial charge in [0.25, 0.3) is 0 Å². The summed E-state index contributed by atoms with van der Waals surface area (Å²) in [5, 5.41) is 9.21. The summed E-state index contributed by atoms with van der Waals surface area (Å²) in [5.41, 5.74) is 3.17. The molecule has 3 rings (SSSR count). The number of nitrogens with zero attached hydrogens (tertiary/aromatic N) is 3. The number of hydrogen-bond donors (Lipinski definition) is 1. The number of aromatic nitrogens is 1. The van der Waals surface area contributed by atoms with E-state index in [0.717, 1.165) is 23.1 Å². The van der Waals surface area contributed by atoms with Crippen molar-refractivity contribution in [2.75, 3.05) is 32.7 Å². The van der Waals surface area contributed by atoms with Crippen molar-refractivity contribution >= 4 is 11.9 Å². The highest BCUT2D eigenvalue weighted by Gasteiger charge is 2.31. The van der Waals surface area contributed by atoms with Gasteiger partial charge in [-0.05, 0) is 30.0 Å². The van der Waals surface area contributed by atoms with Crippen LogP contribution in [-0.2, 0) is 16.0 Å². The average Bonchev–Trinajstić information content (AvgIpc) is 2.83. The first-order valence-corrected chi connectivity index (χ1v) is 9.79. The quantitative estimate of drug-likeness (QED) is 0.798. The summed E-state index contributed by atoms with van der Waals surface area (Å²) in [6, 6.07) is 12.0. The molecule has 6 heteroatoms. The number of pyridine rings is 1. The van der Waals surface area contributed by atoms with Crippen LogP contribution in [0.2, 0.25) is 0 Å². The lowest BCUT2D eigenvalue weighted by atomic mass is 9.91. The smallest absolute Gasteiger partial charge is 0.317 e. The van der Waals surface area contributed by atoms with E-state index in [0.29, 0.717) is 32.6 Å². The molecule has 1 atom stereocenters. The first kappa shape index (κ1) is 20.0. The Morgan fingerprint density at radius 3 is 2.75 bits per heavy atom. The number of hydrogen-bond acceptors (Lipinski definition) is 4. The molecular weight excluding hydrogens is 354 g/mol. The second-order valence-electron chi connectivity index (χ2n) is 7.25. The highest BCUT2D eigenvalue weighted by molar-refractivity contribution is 5.80. The van der Waals surface area contributed by atoms with E-state index in [2.05, 4.69) is 11.9 Å². The van der Waals surface area contributed by atoms with Crippen LogP contribution in [0.5, 0.6) is 0 Å². The molecule has 1 aliphatic heterocycles. The standard InChI is InChI=1S/C22H27N3O3/c1-2-10-25-12-11-24(16-21(26)27)15-19(22(25)28)13-17-6-3-4-8-20(17)18-7-5-9-23-14-18/h3-9,14,19H,2,10-13,15-16H2,1H3,(H,26,27). The van der Waals surface area contributed by atoms with Crippen molar-refractivity contribution < 1.29 is 14.7 Å². The van der Waals surface area contributed by atoms with Gasteiger partial charge in [-0.25, -0.2) is 0 Å². The summed E-state index contributed by atoms with van der Waals surface area (Å²) in [6.45, 7) is 4.38. The Morgan fingerprint density at radius 2 is 2.04 bits per heavy atom. The van der Waals surface area contributed by atoms with Gasteiger partial charge in [-0.1, -0.05) is 37.3 Å². The Kier molecular flexibility index (Phi) is 6.76. The van der Waals surface area contributed by atoms with Crippen molar-refractivity contribution in [3.63, 3.8) is 0 Å². The molecule has 1 aromatic heterocycles.